The highest BCUT2D eigenvalue weighted by atomic mass is 32.2. The summed E-state index contributed by atoms with van der Waals surface area (Å²) >= 11 is 0. The van der Waals surface area contributed by atoms with Crippen molar-refractivity contribution in [3.8, 4) is 0 Å². The molecule has 2 aromatic carbocycles. The molecule has 7 nitrogen and oxygen atoms in total. The van der Waals surface area contributed by atoms with Crippen molar-refractivity contribution in [2.45, 2.75) is 37.0 Å². The molecular weight excluding hydrogens is 397 g/mol. The Morgan fingerprint density at radius 1 is 1.14 bits per heavy atom. The Bertz CT molecular complexity index is 1090. The summed E-state index contributed by atoms with van der Waals surface area (Å²) in [5.41, 5.74) is 1.35. The molecule has 0 radical (unpaired) electrons. The summed E-state index contributed by atoms with van der Waals surface area (Å²) in [6.45, 7) is 1.95. The average Bonchev–Trinajstić information content (AvgIpc) is 3.12. The summed E-state index contributed by atoms with van der Waals surface area (Å²) in [5.74, 6) is -0.879. The number of hydrogen-bond donors (Lipinski definition) is 1. The minimum Gasteiger partial charge on any atom is -0.352 e. The van der Waals surface area contributed by atoms with E-state index in [0.29, 0.717) is 5.56 Å². The quantitative estimate of drug-likeness (QED) is 0.605. The molecule has 9 heteroatoms. The first-order chi connectivity index (χ1) is 13.8. The number of amides is 1. The minimum atomic E-state index is -3.59. The molecule has 0 fully saturated rings. The van der Waals surface area contributed by atoms with Crippen LogP contribution in [-0.4, -0.2) is 24.5 Å². The van der Waals surface area contributed by atoms with Gasteiger partial charge in [-0.1, -0.05) is 41.1 Å². The molecule has 152 valence electrons. The van der Waals surface area contributed by atoms with Crippen molar-refractivity contribution in [2.24, 2.45) is 0 Å². The second-order valence-corrected chi connectivity index (χ2v) is 8.53. The van der Waals surface area contributed by atoms with Crippen LogP contribution in [0, 0.1) is 12.7 Å². The van der Waals surface area contributed by atoms with E-state index in [1.165, 1.54) is 18.2 Å². The largest absolute Gasteiger partial charge is 0.352 e. The first-order valence-electron chi connectivity index (χ1n) is 8.94. The van der Waals surface area contributed by atoms with E-state index in [0.717, 1.165) is 5.56 Å². The van der Waals surface area contributed by atoms with Crippen molar-refractivity contribution < 1.29 is 22.1 Å². The van der Waals surface area contributed by atoms with Crippen molar-refractivity contribution in [1.82, 2.24) is 15.5 Å². The van der Waals surface area contributed by atoms with Crippen LogP contribution >= 0.6 is 0 Å². The maximum Gasteiger partial charge on any atom is 0.227 e. The standard InChI is InChI=1S/C20H20FN3O4S/c1-14-6-8-16(9-7-14)29(26,27)13-18-23-20(28-24-18)11-10-19(25)22-12-15-4-2-3-5-17(15)21/h2-9H,10-13H2,1H3,(H,22,25). The summed E-state index contributed by atoms with van der Waals surface area (Å²) in [6.07, 6.45) is 0.210. The number of carbonyl (C=O) groups excluding carboxylic acids is 1. The van der Waals surface area contributed by atoms with Crippen LogP contribution in [0.1, 0.15) is 29.3 Å². The van der Waals surface area contributed by atoms with Crippen molar-refractivity contribution in [3.05, 3.63) is 77.2 Å². The van der Waals surface area contributed by atoms with E-state index in [4.69, 9.17) is 4.52 Å². The lowest BCUT2D eigenvalue weighted by Crippen LogP contribution is -2.23. The molecule has 0 aliphatic heterocycles. The molecule has 29 heavy (non-hydrogen) atoms. The number of halogens is 1. The van der Waals surface area contributed by atoms with Crippen molar-refractivity contribution >= 4 is 15.7 Å². The van der Waals surface area contributed by atoms with Gasteiger partial charge in [0, 0.05) is 24.9 Å². The minimum absolute atomic E-state index is 0.0346. The van der Waals surface area contributed by atoms with E-state index >= 15 is 0 Å². The number of aromatic nitrogens is 2. The van der Waals surface area contributed by atoms with E-state index in [-0.39, 0.29) is 53.5 Å². The normalized spacial score (nSPS) is 11.4. The van der Waals surface area contributed by atoms with Gasteiger partial charge in [-0.2, -0.15) is 4.98 Å². The molecule has 0 unspecified atom stereocenters. The van der Waals surface area contributed by atoms with Gasteiger partial charge < -0.3 is 9.84 Å². The zero-order chi connectivity index (χ0) is 20.9. The van der Waals surface area contributed by atoms with Gasteiger partial charge in [0.1, 0.15) is 11.6 Å². The Morgan fingerprint density at radius 3 is 2.59 bits per heavy atom. The summed E-state index contributed by atoms with van der Waals surface area (Å²) in [5, 5.41) is 6.30. The highest BCUT2D eigenvalue weighted by Crippen LogP contribution is 2.16. The molecule has 0 aliphatic rings. The number of nitrogens with one attached hydrogen (secondary N) is 1. The average molecular weight is 417 g/mol. The third-order valence-electron chi connectivity index (χ3n) is 4.21. The Kier molecular flexibility index (Phi) is 6.38. The zero-order valence-corrected chi connectivity index (χ0v) is 16.6. The monoisotopic (exact) mass is 417 g/mol. The van der Waals surface area contributed by atoms with Gasteiger partial charge in [0.15, 0.2) is 15.7 Å². The fraction of sp³-hybridized carbons (Fsp3) is 0.250. The van der Waals surface area contributed by atoms with Gasteiger partial charge in [0.2, 0.25) is 11.8 Å². The molecule has 0 aliphatic carbocycles. The predicted octanol–water partition coefficient (Wildman–Crippen LogP) is 2.74. The Labute approximate surface area is 167 Å². The van der Waals surface area contributed by atoms with Crippen LogP contribution in [0.5, 0.6) is 0 Å². The Hall–Kier alpha value is -3.07. The van der Waals surface area contributed by atoms with Gasteiger partial charge in [0.05, 0.1) is 4.90 Å². The third-order valence-corrected chi connectivity index (χ3v) is 5.84. The summed E-state index contributed by atoms with van der Waals surface area (Å²) in [6, 6.07) is 12.7. The van der Waals surface area contributed by atoms with Crippen LogP contribution in [0.15, 0.2) is 57.9 Å². The third kappa shape index (κ3) is 5.71. The van der Waals surface area contributed by atoms with E-state index in [9.17, 15) is 17.6 Å². The predicted molar refractivity (Wildman–Crippen MR) is 103 cm³/mol. The van der Waals surface area contributed by atoms with E-state index < -0.39 is 9.84 Å². The molecule has 0 saturated carbocycles. The summed E-state index contributed by atoms with van der Waals surface area (Å²) in [4.78, 5) is 16.2. The lowest BCUT2D eigenvalue weighted by atomic mass is 10.2. The molecule has 1 N–H and O–H groups in total. The van der Waals surface area contributed by atoms with Gasteiger partial charge in [-0.05, 0) is 25.1 Å². The van der Waals surface area contributed by atoms with E-state index in [1.807, 2.05) is 6.92 Å². The van der Waals surface area contributed by atoms with Gasteiger partial charge in [-0.15, -0.1) is 0 Å². The first kappa shape index (κ1) is 20.7. The number of hydrogen-bond acceptors (Lipinski definition) is 6. The second-order valence-electron chi connectivity index (χ2n) is 6.54. The molecule has 0 bridgehead atoms. The molecule has 0 atom stereocenters. The van der Waals surface area contributed by atoms with Crippen LogP contribution in [0.4, 0.5) is 4.39 Å². The van der Waals surface area contributed by atoms with Crippen LogP contribution in [0.25, 0.3) is 0 Å². The maximum absolute atomic E-state index is 13.5. The molecule has 1 heterocycles. The van der Waals surface area contributed by atoms with Gasteiger partial charge in [-0.25, -0.2) is 12.8 Å². The molecule has 3 aromatic rings. The van der Waals surface area contributed by atoms with Gasteiger partial charge >= 0.3 is 0 Å². The number of carbonyl (C=O) groups is 1. The lowest BCUT2D eigenvalue weighted by Gasteiger charge is -2.05. The Morgan fingerprint density at radius 2 is 1.86 bits per heavy atom. The second kappa shape index (κ2) is 8.95. The topological polar surface area (TPSA) is 102 Å². The van der Waals surface area contributed by atoms with Crippen LogP contribution < -0.4 is 5.32 Å². The number of sulfone groups is 1. The fourth-order valence-corrected chi connectivity index (χ4v) is 3.77. The number of aryl methyl sites for hydroxylation is 2. The smallest absolute Gasteiger partial charge is 0.227 e. The summed E-state index contributed by atoms with van der Waals surface area (Å²) in [7, 11) is -3.59. The SMILES string of the molecule is Cc1ccc(S(=O)(=O)Cc2noc(CCC(=O)NCc3ccccc3F)n2)cc1. The van der Waals surface area contributed by atoms with Crippen LogP contribution in [0.2, 0.25) is 0 Å². The van der Waals surface area contributed by atoms with Gasteiger partial charge in [-0.3, -0.25) is 4.79 Å². The number of nitrogens with zero attached hydrogens (tertiary/aromatic N) is 2. The van der Waals surface area contributed by atoms with Crippen molar-refractivity contribution in [2.75, 3.05) is 0 Å². The maximum atomic E-state index is 13.5. The zero-order valence-electron chi connectivity index (χ0n) is 15.8. The van der Waals surface area contributed by atoms with E-state index in [1.54, 1.807) is 30.3 Å². The van der Waals surface area contributed by atoms with Crippen LogP contribution in [-0.2, 0) is 33.4 Å². The Balaban J connectivity index is 1.51. The molecule has 3 rings (SSSR count). The highest BCUT2D eigenvalue weighted by Gasteiger charge is 2.19. The van der Waals surface area contributed by atoms with Crippen molar-refractivity contribution in [3.63, 3.8) is 0 Å². The first-order valence-corrected chi connectivity index (χ1v) is 10.6. The van der Waals surface area contributed by atoms with Crippen LogP contribution in [0.3, 0.4) is 0 Å². The van der Waals surface area contributed by atoms with Gasteiger partial charge in [0.25, 0.3) is 0 Å². The lowest BCUT2D eigenvalue weighted by molar-refractivity contribution is -0.121. The number of rotatable bonds is 8. The molecule has 1 amide bonds. The fourth-order valence-electron chi connectivity index (χ4n) is 2.59. The highest BCUT2D eigenvalue weighted by molar-refractivity contribution is 7.90. The van der Waals surface area contributed by atoms with E-state index in [2.05, 4.69) is 15.5 Å². The summed E-state index contributed by atoms with van der Waals surface area (Å²) < 4.78 is 43.4. The molecular formula is C20H20FN3O4S. The molecule has 1 aromatic heterocycles. The van der Waals surface area contributed by atoms with Crippen molar-refractivity contribution in [1.29, 1.82) is 0 Å². The molecule has 0 saturated heterocycles. The molecule has 0 spiro atoms. The number of benzene rings is 2.